The van der Waals surface area contributed by atoms with E-state index in [2.05, 4.69) is 15.5 Å². The van der Waals surface area contributed by atoms with E-state index in [9.17, 15) is 4.39 Å². The molecule has 6 heteroatoms. The third-order valence-electron chi connectivity index (χ3n) is 2.98. The summed E-state index contributed by atoms with van der Waals surface area (Å²) in [6.45, 7) is 0.925. The molecule has 1 aromatic carbocycles. The van der Waals surface area contributed by atoms with Gasteiger partial charge in [-0.2, -0.15) is 0 Å². The average molecular weight is 298 g/mol. The van der Waals surface area contributed by atoms with Gasteiger partial charge in [0.15, 0.2) is 0 Å². The van der Waals surface area contributed by atoms with Gasteiger partial charge in [0.2, 0.25) is 0 Å². The number of hydrogen-bond acceptors (Lipinski definition) is 4. The van der Waals surface area contributed by atoms with Gasteiger partial charge in [0.25, 0.3) is 0 Å². The molecule has 1 N–H and O–H groups in total. The Morgan fingerprint density at radius 3 is 2.95 bits per heavy atom. The smallest absolute Gasteiger partial charge is 0.147 e. The molecule has 1 aromatic heterocycles. The van der Waals surface area contributed by atoms with Gasteiger partial charge in [0, 0.05) is 24.6 Å². The van der Waals surface area contributed by atoms with Crippen LogP contribution in [0.2, 0.25) is 5.02 Å². The number of nitrogens with one attached hydrogen (secondary N) is 1. The molecule has 1 fully saturated rings. The van der Waals surface area contributed by atoms with Crippen LogP contribution in [0.5, 0.6) is 0 Å². The van der Waals surface area contributed by atoms with Gasteiger partial charge in [-0.3, -0.25) is 0 Å². The molecule has 3 nitrogen and oxygen atoms in total. The number of rotatable bonds is 5. The van der Waals surface area contributed by atoms with Crippen molar-refractivity contribution in [3.05, 3.63) is 34.0 Å². The largest absolute Gasteiger partial charge is 0.314 e. The summed E-state index contributed by atoms with van der Waals surface area (Å²) in [5.74, 6) is -0.425. The van der Waals surface area contributed by atoms with Crippen molar-refractivity contribution >= 4 is 22.9 Å². The lowest BCUT2D eigenvalue weighted by Crippen LogP contribution is -2.19. The van der Waals surface area contributed by atoms with Crippen LogP contribution in [0.3, 0.4) is 0 Å². The molecule has 1 heterocycles. The van der Waals surface area contributed by atoms with E-state index < -0.39 is 5.82 Å². The van der Waals surface area contributed by atoms with Gasteiger partial charge in [-0.05, 0) is 25.0 Å². The summed E-state index contributed by atoms with van der Waals surface area (Å²) in [7, 11) is 0. The second-order valence-electron chi connectivity index (χ2n) is 4.61. The van der Waals surface area contributed by atoms with Gasteiger partial charge in [-0.15, -0.1) is 10.2 Å². The zero-order valence-electron chi connectivity index (χ0n) is 10.2. The van der Waals surface area contributed by atoms with Crippen molar-refractivity contribution in [1.29, 1.82) is 0 Å². The van der Waals surface area contributed by atoms with Crippen LogP contribution in [-0.2, 0) is 6.42 Å². The van der Waals surface area contributed by atoms with Crippen molar-refractivity contribution in [3.63, 3.8) is 0 Å². The quantitative estimate of drug-likeness (QED) is 0.920. The molecule has 2 aromatic rings. The summed E-state index contributed by atoms with van der Waals surface area (Å²) >= 11 is 7.16. The van der Waals surface area contributed by atoms with Gasteiger partial charge in [0.1, 0.15) is 15.8 Å². The van der Waals surface area contributed by atoms with E-state index in [1.165, 1.54) is 30.2 Å². The molecule has 1 saturated carbocycles. The number of nitrogens with zero attached hydrogens (tertiary/aromatic N) is 2. The van der Waals surface area contributed by atoms with Gasteiger partial charge in [-0.1, -0.05) is 29.0 Å². The molecule has 0 spiro atoms. The zero-order chi connectivity index (χ0) is 13.2. The molecular formula is C13H13ClFN3S. The Kier molecular flexibility index (Phi) is 3.77. The second-order valence-corrected chi connectivity index (χ2v) is 6.08. The maximum absolute atomic E-state index is 13.4. The van der Waals surface area contributed by atoms with E-state index in [1.54, 1.807) is 12.1 Å². The van der Waals surface area contributed by atoms with E-state index in [1.807, 2.05) is 0 Å². The Morgan fingerprint density at radius 2 is 2.21 bits per heavy atom. The Bertz CT molecular complexity index is 583. The van der Waals surface area contributed by atoms with Crippen LogP contribution in [-0.4, -0.2) is 22.8 Å². The summed E-state index contributed by atoms with van der Waals surface area (Å²) < 4.78 is 13.4. The highest BCUT2D eigenvalue weighted by Gasteiger charge is 2.20. The van der Waals surface area contributed by atoms with Crippen LogP contribution in [0.4, 0.5) is 4.39 Å². The predicted molar refractivity (Wildman–Crippen MR) is 75.0 cm³/mol. The summed E-state index contributed by atoms with van der Waals surface area (Å²) in [6.07, 6.45) is 3.43. The van der Waals surface area contributed by atoms with Crippen molar-refractivity contribution < 1.29 is 4.39 Å². The molecule has 0 radical (unpaired) electrons. The first-order valence-corrected chi connectivity index (χ1v) is 7.43. The van der Waals surface area contributed by atoms with E-state index >= 15 is 0 Å². The summed E-state index contributed by atoms with van der Waals surface area (Å²) in [4.78, 5) is 0. The SMILES string of the molecule is Fc1cc(-c2nnc(CCNC3CC3)s2)ccc1Cl. The minimum Gasteiger partial charge on any atom is -0.314 e. The van der Waals surface area contributed by atoms with Crippen LogP contribution >= 0.6 is 22.9 Å². The standard InChI is InChI=1S/C13H13ClFN3S/c14-10-4-1-8(7-11(10)15)13-18-17-12(19-13)5-6-16-9-2-3-9/h1,4,7,9,16H,2-3,5-6H2. The van der Waals surface area contributed by atoms with Crippen molar-refractivity contribution in [1.82, 2.24) is 15.5 Å². The highest BCUT2D eigenvalue weighted by Crippen LogP contribution is 2.27. The zero-order valence-corrected chi connectivity index (χ0v) is 11.8. The minimum absolute atomic E-state index is 0.127. The molecule has 0 saturated heterocycles. The van der Waals surface area contributed by atoms with Crippen LogP contribution in [0.25, 0.3) is 10.6 Å². The van der Waals surface area contributed by atoms with Crippen LogP contribution in [0, 0.1) is 5.82 Å². The fourth-order valence-corrected chi connectivity index (χ4v) is 2.72. The number of aromatic nitrogens is 2. The van der Waals surface area contributed by atoms with Crippen LogP contribution in [0.1, 0.15) is 17.8 Å². The first-order chi connectivity index (χ1) is 9.22. The molecule has 0 bridgehead atoms. The Hall–Kier alpha value is -1.04. The van der Waals surface area contributed by atoms with Gasteiger partial charge in [0.05, 0.1) is 5.02 Å². The van der Waals surface area contributed by atoms with Gasteiger partial charge >= 0.3 is 0 Å². The van der Waals surface area contributed by atoms with Gasteiger partial charge < -0.3 is 5.32 Å². The molecule has 1 aliphatic rings. The maximum Gasteiger partial charge on any atom is 0.147 e. The highest BCUT2D eigenvalue weighted by atomic mass is 35.5. The molecule has 19 heavy (non-hydrogen) atoms. The predicted octanol–water partition coefficient (Wildman–Crippen LogP) is 3.29. The minimum atomic E-state index is -0.425. The fourth-order valence-electron chi connectivity index (χ4n) is 1.77. The lowest BCUT2D eigenvalue weighted by Gasteiger charge is -1.98. The molecular weight excluding hydrogens is 285 g/mol. The third-order valence-corrected chi connectivity index (χ3v) is 4.32. The molecule has 0 unspecified atom stereocenters. The molecule has 0 aliphatic heterocycles. The van der Waals surface area contributed by atoms with Crippen molar-refractivity contribution in [2.24, 2.45) is 0 Å². The van der Waals surface area contributed by atoms with E-state index in [0.717, 1.165) is 28.5 Å². The topological polar surface area (TPSA) is 37.8 Å². The monoisotopic (exact) mass is 297 g/mol. The Balaban J connectivity index is 1.67. The molecule has 3 rings (SSSR count). The second kappa shape index (κ2) is 5.53. The van der Waals surface area contributed by atoms with E-state index in [0.29, 0.717) is 6.04 Å². The Morgan fingerprint density at radius 1 is 1.37 bits per heavy atom. The van der Waals surface area contributed by atoms with Crippen LogP contribution < -0.4 is 5.32 Å². The molecule has 0 atom stereocenters. The number of halogens is 2. The molecule has 1 aliphatic carbocycles. The first kappa shape index (κ1) is 13.0. The fraction of sp³-hybridized carbons (Fsp3) is 0.385. The maximum atomic E-state index is 13.4. The normalized spacial score (nSPS) is 14.8. The summed E-state index contributed by atoms with van der Waals surface area (Å²) in [6, 6.07) is 5.41. The average Bonchev–Trinajstić information content (AvgIpc) is 3.10. The van der Waals surface area contributed by atoms with Crippen molar-refractivity contribution in [2.75, 3.05) is 6.54 Å². The highest BCUT2D eigenvalue weighted by molar-refractivity contribution is 7.14. The molecule has 0 amide bonds. The summed E-state index contributed by atoms with van der Waals surface area (Å²) in [5, 5.41) is 13.5. The van der Waals surface area contributed by atoms with Crippen LogP contribution in [0.15, 0.2) is 18.2 Å². The molecule has 100 valence electrons. The lowest BCUT2D eigenvalue weighted by molar-refractivity contribution is 0.629. The summed E-state index contributed by atoms with van der Waals surface area (Å²) in [5.41, 5.74) is 0.723. The number of hydrogen-bond donors (Lipinski definition) is 1. The lowest BCUT2D eigenvalue weighted by atomic mass is 10.2. The Labute approximate surface area is 119 Å². The third kappa shape index (κ3) is 3.29. The van der Waals surface area contributed by atoms with E-state index in [4.69, 9.17) is 11.6 Å². The van der Waals surface area contributed by atoms with Crippen molar-refractivity contribution in [3.8, 4) is 10.6 Å². The van der Waals surface area contributed by atoms with Gasteiger partial charge in [-0.25, -0.2) is 4.39 Å². The first-order valence-electron chi connectivity index (χ1n) is 6.23. The van der Waals surface area contributed by atoms with E-state index in [-0.39, 0.29) is 5.02 Å². The van der Waals surface area contributed by atoms with Crippen molar-refractivity contribution in [2.45, 2.75) is 25.3 Å². The number of benzene rings is 1.